The molecule has 1 atom stereocenters. The van der Waals surface area contributed by atoms with Crippen LogP contribution in [0, 0.1) is 5.41 Å². The molecule has 2 saturated heterocycles. The summed E-state index contributed by atoms with van der Waals surface area (Å²) in [4.78, 5) is 37.7. The van der Waals surface area contributed by atoms with E-state index in [1.807, 2.05) is 42.1 Å². The molecule has 2 fully saturated rings. The van der Waals surface area contributed by atoms with Crippen LogP contribution < -0.4 is 0 Å². The Morgan fingerprint density at radius 1 is 1.41 bits per heavy atom. The fourth-order valence-electron chi connectivity index (χ4n) is 4.21. The molecule has 1 spiro atoms. The molecule has 1 unspecified atom stereocenters. The number of likely N-dealkylation sites (N-methyl/N-ethyl adjacent to an activating group) is 1. The minimum Gasteiger partial charge on any atom is -0.483 e. The number of carboxylic acid groups (broad SMARTS) is 1. The Morgan fingerprint density at radius 2 is 2.10 bits per heavy atom. The average molecular weight is 402 g/mol. The number of likely N-dealkylation sites (tertiary alicyclic amines) is 1. The lowest BCUT2D eigenvalue weighted by molar-refractivity contribution is -0.150. The monoisotopic (exact) mass is 402 g/mol. The summed E-state index contributed by atoms with van der Waals surface area (Å²) in [5, 5.41) is 14.8. The van der Waals surface area contributed by atoms with Crippen LogP contribution in [0.15, 0.2) is 24.4 Å². The Bertz CT molecular complexity index is 886. The molecular formula is C20H26N4O5. The third-order valence-corrected chi connectivity index (χ3v) is 5.61. The van der Waals surface area contributed by atoms with Crippen molar-refractivity contribution in [2.75, 3.05) is 33.7 Å². The van der Waals surface area contributed by atoms with E-state index in [4.69, 9.17) is 14.6 Å². The number of cyclic esters (lactones) is 1. The van der Waals surface area contributed by atoms with E-state index in [0.717, 1.165) is 23.9 Å². The van der Waals surface area contributed by atoms with Gasteiger partial charge < -0.3 is 19.6 Å². The maximum Gasteiger partial charge on any atom is 0.312 e. The first-order valence-corrected chi connectivity index (χ1v) is 9.55. The summed E-state index contributed by atoms with van der Waals surface area (Å²) in [6.07, 6.45) is 3.76. The molecule has 29 heavy (non-hydrogen) atoms. The van der Waals surface area contributed by atoms with Crippen LogP contribution in [-0.4, -0.2) is 83.3 Å². The number of nitrogens with one attached hydrogen (secondary N) is 1. The number of piperidine rings is 1. The van der Waals surface area contributed by atoms with Crippen LogP contribution in [0.25, 0.3) is 10.9 Å². The molecule has 156 valence electrons. The van der Waals surface area contributed by atoms with Crippen molar-refractivity contribution in [2.24, 2.45) is 5.41 Å². The molecule has 0 radical (unpaired) electrons. The molecule has 9 heteroatoms. The number of esters is 1. The van der Waals surface area contributed by atoms with E-state index >= 15 is 0 Å². The Labute approximate surface area is 168 Å². The van der Waals surface area contributed by atoms with Gasteiger partial charge in [0.2, 0.25) is 0 Å². The number of nitrogens with zero attached hydrogens (tertiary/aromatic N) is 3. The molecule has 2 N–H and O–H groups in total. The zero-order chi connectivity index (χ0) is 21.0. The van der Waals surface area contributed by atoms with Gasteiger partial charge in [-0.05, 0) is 33.0 Å². The smallest absolute Gasteiger partial charge is 0.312 e. The van der Waals surface area contributed by atoms with Gasteiger partial charge in [-0.3, -0.25) is 19.5 Å². The van der Waals surface area contributed by atoms with Crippen molar-refractivity contribution in [3.05, 3.63) is 30.0 Å². The SMILES string of the molecule is CN(C)CC1CC2(CCN(C(=O)c3cccc4cn[nH]c34)CC2)C(=O)O1.O=CO. The number of benzene rings is 1. The van der Waals surface area contributed by atoms with Crippen LogP contribution in [0.1, 0.15) is 29.6 Å². The van der Waals surface area contributed by atoms with Gasteiger partial charge in [0.1, 0.15) is 6.10 Å². The van der Waals surface area contributed by atoms with Crippen LogP contribution in [0.5, 0.6) is 0 Å². The first-order chi connectivity index (χ1) is 13.9. The largest absolute Gasteiger partial charge is 0.483 e. The lowest BCUT2D eigenvalue weighted by atomic mass is 9.76. The predicted octanol–water partition coefficient (Wildman–Crippen LogP) is 1.36. The Hall–Kier alpha value is -2.94. The molecule has 0 aliphatic carbocycles. The standard InChI is InChI=1S/C19H24N4O3.CH2O2/c1-22(2)12-14-10-19(18(25)26-14)6-8-23(9-7-19)17(24)15-5-3-4-13-11-20-21-16(13)15;2-1-3/h3-5,11,14H,6-10,12H2,1-2H3,(H,20,21);1H,(H,2,3). The maximum absolute atomic E-state index is 13.0. The van der Waals surface area contributed by atoms with Crippen molar-refractivity contribution in [1.82, 2.24) is 20.0 Å². The number of aromatic nitrogens is 2. The number of carbonyl (C=O) groups excluding carboxylic acids is 2. The van der Waals surface area contributed by atoms with Crippen LogP contribution in [-0.2, 0) is 14.3 Å². The van der Waals surface area contributed by atoms with E-state index in [2.05, 4.69) is 10.2 Å². The second kappa shape index (κ2) is 8.60. The van der Waals surface area contributed by atoms with Crippen molar-refractivity contribution >= 4 is 29.3 Å². The highest BCUT2D eigenvalue weighted by atomic mass is 16.6. The van der Waals surface area contributed by atoms with Crippen molar-refractivity contribution in [3.63, 3.8) is 0 Å². The topological polar surface area (TPSA) is 116 Å². The molecule has 0 saturated carbocycles. The van der Waals surface area contributed by atoms with Crippen molar-refractivity contribution in [3.8, 4) is 0 Å². The Morgan fingerprint density at radius 3 is 2.76 bits per heavy atom. The van der Waals surface area contributed by atoms with Gasteiger partial charge >= 0.3 is 5.97 Å². The highest BCUT2D eigenvalue weighted by Crippen LogP contribution is 2.43. The number of fused-ring (bicyclic) bond motifs is 1. The summed E-state index contributed by atoms with van der Waals surface area (Å²) >= 11 is 0. The van der Waals surface area contributed by atoms with Gasteiger partial charge in [0, 0.05) is 31.4 Å². The fourth-order valence-corrected chi connectivity index (χ4v) is 4.21. The third-order valence-electron chi connectivity index (χ3n) is 5.61. The van der Waals surface area contributed by atoms with Crippen LogP contribution in [0.4, 0.5) is 0 Å². The quantitative estimate of drug-likeness (QED) is 0.588. The van der Waals surface area contributed by atoms with Crippen molar-refractivity contribution < 1.29 is 24.2 Å². The average Bonchev–Trinajstić information content (AvgIpc) is 3.27. The molecular weight excluding hydrogens is 376 g/mol. The van der Waals surface area contributed by atoms with Crippen LogP contribution in [0.2, 0.25) is 0 Å². The predicted molar refractivity (Wildman–Crippen MR) is 105 cm³/mol. The maximum atomic E-state index is 13.0. The van der Waals surface area contributed by atoms with Crippen LogP contribution in [0.3, 0.4) is 0 Å². The Kier molecular flexibility index (Phi) is 6.17. The van der Waals surface area contributed by atoms with E-state index in [0.29, 0.717) is 31.5 Å². The van der Waals surface area contributed by atoms with Crippen molar-refractivity contribution in [1.29, 1.82) is 0 Å². The van der Waals surface area contributed by atoms with E-state index < -0.39 is 5.41 Å². The molecule has 2 aliphatic rings. The molecule has 2 aliphatic heterocycles. The van der Waals surface area contributed by atoms with E-state index in [1.165, 1.54) is 0 Å². The van der Waals surface area contributed by atoms with Crippen LogP contribution >= 0.6 is 0 Å². The van der Waals surface area contributed by atoms with Gasteiger partial charge in [-0.15, -0.1) is 0 Å². The van der Waals surface area contributed by atoms with E-state index in [-0.39, 0.29) is 24.5 Å². The second-order valence-electron chi connectivity index (χ2n) is 7.81. The number of hydrogen-bond acceptors (Lipinski definition) is 6. The summed E-state index contributed by atoms with van der Waals surface area (Å²) in [6.45, 7) is 1.65. The number of ether oxygens (including phenoxy) is 1. The summed E-state index contributed by atoms with van der Waals surface area (Å²) in [6, 6.07) is 5.63. The highest BCUT2D eigenvalue weighted by molar-refractivity contribution is 6.05. The number of rotatable bonds is 3. The molecule has 2 aromatic rings. The molecule has 3 heterocycles. The number of carbonyl (C=O) groups is 3. The highest BCUT2D eigenvalue weighted by Gasteiger charge is 2.50. The van der Waals surface area contributed by atoms with Gasteiger partial charge in [0.15, 0.2) is 0 Å². The number of hydrogen-bond donors (Lipinski definition) is 2. The second-order valence-corrected chi connectivity index (χ2v) is 7.81. The zero-order valence-electron chi connectivity index (χ0n) is 16.6. The van der Waals surface area contributed by atoms with Gasteiger partial charge in [-0.25, -0.2) is 0 Å². The van der Waals surface area contributed by atoms with Gasteiger partial charge in [0.25, 0.3) is 12.4 Å². The number of amides is 1. The minimum absolute atomic E-state index is 0.00842. The number of H-pyrrole nitrogens is 1. The summed E-state index contributed by atoms with van der Waals surface area (Å²) in [5.74, 6) is -0.0991. The fraction of sp³-hybridized carbons (Fsp3) is 0.500. The number of aromatic amines is 1. The molecule has 1 amide bonds. The summed E-state index contributed by atoms with van der Waals surface area (Å²) in [7, 11) is 3.96. The Balaban J connectivity index is 0.000000755. The molecule has 1 aromatic carbocycles. The third kappa shape index (κ3) is 4.24. The molecule has 9 nitrogen and oxygen atoms in total. The molecule has 4 rings (SSSR count). The van der Waals surface area contributed by atoms with Gasteiger partial charge in [0.05, 0.1) is 22.7 Å². The zero-order valence-corrected chi connectivity index (χ0v) is 16.6. The number of para-hydroxylation sites is 1. The normalized spacial score (nSPS) is 20.4. The minimum atomic E-state index is -0.419. The lowest BCUT2D eigenvalue weighted by Crippen LogP contribution is -2.45. The lowest BCUT2D eigenvalue weighted by Gasteiger charge is -2.36. The summed E-state index contributed by atoms with van der Waals surface area (Å²) in [5.41, 5.74) is 0.983. The first kappa shape index (κ1) is 20.8. The van der Waals surface area contributed by atoms with E-state index in [1.54, 1.807) is 6.20 Å². The first-order valence-electron chi connectivity index (χ1n) is 9.55. The molecule has 0 bridgehead atoms. The van der Waals surface area contributed by atoms with E-state index in [9.17, 15) is 9.59 Å². The molecule has 1 aromatic heterocycles. The van der Waals surface area contributed by atoms with Gasteiger partial charge in [-0.2, -0.15) is 5.10 Å². The van der Waals surface area contributed by atoms with Crippen molar-refractivity contribution in [2.45, 2.75) is 25.4 Å². The van der Waals surface area contributed by atoms with Gasteiger partial charge in [-0.1, -0.05) is 12.1 Å². The summed E-state index contributed by atoms with van der Waals surface area (Å²) < 4.78 is 5.60.